The predicted octanol–water partition coefficient (Wildman–Crippen LogP) is 1.10. The molecule has 0 heterocycles. The first-order valence-corrected chi connectivity index (χ1v) is 4.68. The van der Waals surface area contributed by atoms with Crippen LogP contribution in [0.25, 0.3) is 0 Å². The molecule has 0 bridgehead atoms. The van der Waals surface area contributed by atoms with Crippen molar-refractivity contribution in [2.24, 2.45) is 5.29 Å². The highest BCUT2D eigenvalue weighted by Crippen LogP contribution is 2.18. The van der Waals surface area contributed by atoms with Gasteiger partial charge in [0.15, 0.2) is 6.04 Å². The molecule has 7 heteroatoms. The Balaban J connectivity index is 3.01. The second kappa shape index (κ2) is 5.59. The van der Waals surface area contributed by atoms with Crippen LogP contribution in [0.15, 0.2) is 35.6 Å². The van der Waals surface area contributed by atoms with E-state index in [-0.39, 0.29) is 5.69 Å². The second-order valence-corrected chi connectivity index (χ2v) is 3.21. The number of carbonyl (C=O) groups is 2. The van der Waals surface area contributed by atoms with Crippen molar-refractivity contribution in [2.75, 3.05) is 5.01 Å². The molecular formula is C10H10N2O5. The molecule has 0 aromatic heterocycles. The third kappa shape index (κ3) is 3.26. The summed E-state index contributed by atoms with van der Waals surface area (Å²) in [5.41, 5.74) is 0.233. The Hall–Kier alpha value is -2.44. The number of benzene rings is 1. The molecule has 0 radical (unpaired) electrons. The SMILES string of the molecule is O=NN(c1ccccc1)[C@@H](CC(=O)O)C(=O)O. The molecule has 90 valence electrons. The van der Waals surface area contributed by atoms with Crippen molar-refractivity contribution in [1.82, 2.24) is 0 Å². The van der Waals surface area contributed by atoms with Gasteiger partial charge < -0.3 is 10.2 Å². The van der Waals surface area contributed by atoms with Gasteiger partial charge in [-0.3, -0.25) is 4.79 Å². The van der Waals surface area contributed by atoms with Gasteiger partial charge in [0, 0.05) is 0 Å². The number of nitrogens with zero attached hydrogens (tertiary/aromatic N) is 2. The molecule has 17 heavy (non-hydrogen) atoms. The summed E-state index contributed by atoms with van der Waals surface area (Å²) < 4.78 is 0. The van der Waals surface area contributed by atoms with Crippen LogP contribution in [-0.4, -0.2) is 28.2 Å². The maximum Gasteiger partial charge on any atom is 0.329 e. The quantitative estimate of drug-likeness (QED) is 0.567. The number of carboxylic acids is 2. The summed E-state index contributed by atoms with van der Waals surface area (Å²) in [5, 5.41) is 20.7. The predicted molar refractivity (Wildman–Crippen MR) is 58.4 cm³/mol. The van der Waals surface area contributed by atoms with E-state index in [9.17, 15) is 14.5 Å². The van der Waals surface area contributed by atoms with E-state index in [2.05, 4.69) is 5.29 Å². The summed E-state index contributed by atoms with van der Waals surface area (Å²) in [5.74, 6) is -2.74. The Bertz CT molecular complexity index is 420. The number of nitroso groups, excluding NO2 is 1. The molecule has 0 spiro atoms. The summed E-state index contributed by atoms with van der Waals surface area (Å²) in [4.78, 5) is 32.1. The van der Waals surface area contributed by atoms with Gasteiger partial charge >= 0.3 is 11.9 Å². The standard InChI is InChI=1S/C10H10N2O5/c13-9(14)6-8(10(15)16)12(11-17)7-4-2-1-3-5-7/h1-5,8H,6H2,(H,13,14)(H,15,16)/t8-/m0/s1. The lowest BCUT2D eigenvalue weighted by atomic mass is 10.2. The average molecular weight is 238 g/mol. The van der Waals surface area contributed by atoms with E-state index < -0.39 is 24.4 Å². The van der Waals surface area contributed by atoms with Crippen LogP contribution in [0.1, 0.15) is 6.42 Å². The smallest absolute Gasteiger partial charge is 0.329 e. The van der Waals surface area contributed by atoms with Crippen LogP contribution in [0.3, 0.4) is 0 Å². The highest BCUT2D eigenvalue weighted by Gasteiger charge is 2.29. The van der Waals surface area contributed by atoms with Crippen LogP contribution in [0, 0.1) is 4.91 Å². The first-order valence-electron chi connectivity index (χ1n) is 4.68. The fraction of sp³-hybridized carbons (Fsp3) is 0.200. The van der Waals surface area contributed by atoms with Crippen LogP contribution in [0.5, 0.6) is 0 Å². The fourth-order valence-electron chi connectivity index (χ4n) is 1.31. The van der Waals surface area contributed by atoms with Crippen molar-refractivity contribution in [1.29, 1.82) is 0 Å². The van der Waals surface area contributed by atoms with Crippen molar-refractivity contribution in [3.8, 4) is 0 Å². The second-order valence-electron chi connectivity index (χ2n) is 3.21. The summed E-state index contributed by atoms with van der Waals surface area (Å²) in [6, 6.07) is 6.28. The molecule has 1 aromatic rings. The lowest BCUT2D eigenvalue weighted by molar-refractivity contribution is -0.145. The number of anilines is 1. The topological polar surface area (TPSA) is 107 Å². The first kappa shape index (κ1) is 12.6. The summed E-state index contributed by atoms with van der Waals surface area (Å²) in [7, 11) is 0. The summed E-state index contributed by atoms with van der Waals surface area (Å²) >= 11 is 0. The van der Waals surface area contributed by atoms with E-state index in [0.29, 0.717) is 5.01 Å². The van der Waals surface area contributed by atoms with E-state index >= 15 is 0 Å². The van der Waals surface area contributed by atoms with Crippen molar-refractivity contribution in [3.05, 3.63) is 35.2 Å². The highest BCUT2D eigenvalue weighted by molar-refractivity contribution is 5.83. The van der Waals surface area contributed by atoms with Crippen LogP contribution in [0.4, 0.5) is 5.69 Å². The maximum atomic E-state index is 10.9. The molecule has 0 saturated heterocycles. The van der Waals surface area contributed by atoms with Crippen LogP contribution < -0.4 is 5.01 Å². The monoisotopic (exact) mass is 238 g/mol. The van der Waals surface area contributed by atoms with E-state index in [4.69, 9.17) is 10.2 Å². The molecule has 0 aliphatic heterocycles. The highest BCUT2D eigenvalue weighted by atomic mass is 16.4. The molecule has 1 rings (SSSR count). The van der Waals surface area contributed by atoms with E-state index in [0.717, 1.165) is 0 Å². The van der Waals surface area contributed by atoms with Gasteiger partial charge in [0.2, 0.25) is 0 Å². The zero-order chi connectivity index (χ0) is 12.8. The number of hydrogen-bond acceptors (Lipinski definition) is 4. The lowest BCUT2D eigenvalue weighted by Gasteiger charge is -2.21. The molecule has 0 aliphatic carbocycles. The lowest BCUT2D eigenvalue weighted by Crippen LogP contribution is -2.39. The molecule has 2 N–H and O–H groups in total. The van der Waals surface area contributed by atoms with Crippen molar-refractivity contribution >= 4 is 17.6 Å². The van der Waals surface area contributed by atoms with E-state index in [1.54, 1.807) is 18.2 Å². The van der Waals surface area contributed by atoms with Gasteiger partial charge in [0.25, 0.3) is 0 Å². The number of para-hydroxylation sites is 1. The van der Waals surface area contributed by atoms with E-state index in [1.807, 2.05) is 0 Å². The normalized spacial score (nSPS) is 11.5. The molecule has 0 saturated carbocycles. The third-order valence-corrected chi connectivity index (χ3v) is 2.06. The molecule has 0 amide bonds. The molecule has 1 atom stereocenters. The minimum Gasteiger partial charge on any atom is -0.481 e. The Kier molecular flexibility index (Phi) is 4.15. The summed E-state index contributed by atoms with van der Waals surface area (Å²) in [6.07, 6.45) is -0.712. The number of rotatable bonds is 6. The molecule has 0 aliphatic rings. The number of aliphatic carboxylic acids is 2. The molecule has 7 nitrogen and oxygen atoms in total. The van der Waals surface area contributed by atoms with Crippen LogP contribution in [0.2, 0.25) is 0 Å². The Morgan fingerprint density at radius 2 is 1.82 bits per heavy atom. The molecule has 1 aromatic carbocycles. The number of hydrogen-bond donors (Lipinski definition) is 2. The van der Waals surface area contributed by atoms with Gasteiger partial charge in [-0.15, -0.1) is 4.91 Å². The average Bonchev–Trinajstić information content (AvgIpc) is 2.29. The maximum absolute atomic E-state index is 10.9. The Morgan fingerprint density at radius 3 is 2.24 bits per heavy atom. The van der Waals surface area contributed by atoms with Gasteiger partial charge in [-0.2, -0.15) is 0 Å². The Labute approximate surface area is 96.2 Å². The van der Waals surface area contributed by atoms with Gasteiger partial charge in [0.1, 0.15) is 0 Å². The minimum atomic E-state index is -1.52. The van der Waals surface area contributed by atoms with Gasteiger partial charge in [0.05, 0.1) is 17.4 Å². The largest absolute Gasteiger partial charge is 0.481 e. The van der Waals surface area contributed by atoms with Crippen molar-refractivity contribution in [2.45, 2.75) is 12.5 Å². The Morgan fingerprint density at radius 1 is 1.24 bits per heavy atom. The zero-order valence-electron chi connectivity index (χ0n) is 8.68. The molecule has 0 unspecified atom stereocenters. The fourth-order valence-corrected chi connectivity index (χ4v) is 1.31. The van der Waals surface area contributed by atoms with Gasteiger partial charge in [-0.05, 0) is 12.1 Å². The van der Waals surface area contributed by atoms with Crippen LogP contribution >= 0.6 is 0 Å². The van der Waals surface area contributed by atoms with Gasteiger partial charge in [-0.1, -0.05) is 18.2 Å². The van der Waals surface area contributed by atoms with Crippen molar-refractivity contribution in [3.63, 3.8) is 0 Å². The van der Waals surface area contributed by atoms with Crippen LogP contribution in [-0.2, 0) is 9.59 Å². The summed E-state index contributed by atoms with van der Waals surface area (Å²) in [6.45, 7) is 0. The van der Waals surface area contributed by atoms with Crippen molar-refractivity contribution < 1.29 is 19.8 Å². The number of carboxylic acid groups (broad SMARTS) is 2. The third-order valence-electron chi connectivity index (χ3n) is 2.06. The molecular weight excluding hydrogens is 228 g/mol. The molecule has 0 fully saturated rings. The first-order chi connectivity index (χ1) is 8.06. The van der Waals surface area contributed by atoms with Gasteiger partial charge in [-0.25, -0.2) is 9.80 Å². The zero-order valence-corrected chi connectivity index (χ0v) is 8.68. The minimum absolute atomic E-state index is 0.233. The van der Waals surface area contributed by atoms with E-state index in [1.165, 1.54) is 12.1 Å².